The van der Waals surface area contributed by atoms with Crippen molar-refractivity contribution in [2.75, 3.05) is 13.7 Å². The molecule has 6 nitrogen and oxygen atoms in total. The summed E-state index contributed by atoms with van der Waals surface area (Å²) in [4.78, 5) is 4.29. The molecule has 0 aliphatic carbocycles. The van der Waals surface area contributed by atoms with Gasteiger partial charge in [-0.25, -0.2) is 0 Å². The Morgan fingerprint density at radius 3 is 2.54 bits per heavy atom. The van der Waals surface area contributed by atoms with Crippen LogP contribution in [-0.4, -0.2) is 29.4 Å². The van der Waals surface area contributed by atoms with Gasteiger partial charge < -0.3 is 15.4 Å². The Bertz CT molecular complexity index is 889. The topological polar surface area (TPSA) is 63.5 Å². The number of nitrogens with zero attached hydrogens (tertiary/aromatic N) is 3. The van der Waals surface area contributed by atoms with E-state index < -0.39 is 0 Å². The SMILES string of the molecule is CCOc1ccccc1CNC(=NC)NCc1cnn(Cc2ccccc2)c1. The van der Waals surface area contributed by atoms with Gasteiger partial charge in [0.25, 0.3) is 0 Å². The third kappa shape index (κ3) is 5.61. The van der Waals surface area contributed by atoms with Crippen LogP contribution in [-0.2, 0) is 19.6 Å². The van der Waals surface area contributed by atoms with Gasteiger partial charge in [-0.2, -0.15) is 5.10 Å². The quantitative estimate of drug-likeness (QED) is 0.467. The zero-order valence-electron chi connectivity index (χ0n) is 16.4. The highest BCUT2D eigenvalue weighted by atomic mass is 16.5. The Labute approximate surface area is 166 Å². The molecule has 1 heterocycles. The Balaban J connectivity index is 1.51. The van der Waals surface area contributed by atoms with Gasteiger partial charge >= 0.3 is 0 Å². The lowest BCUT2D eigenvalue weighted by Crippen LogP contribution is -2.36. The van der Waals surface area contributed by atoms with Crippen LogP contribution in [0.5, 0.6) is 5.75 Å². The van der Waals surface area contributed by atoms with Crippen LogP contribution in [0, 0.1) is 0 Å². The first-order chi connectivity index (χ1) is 13.8. The summed E-state index contributed by atoms with van der Waals surface area (Å²) >= 11 is 0. The lowest BCUT2D eigenvalue weighted by atomic mass is 10.2. The first-order valence-electron chi connectivity index (χ1n) is 9.49. The number of aliphatic imine (C=N–C) groups is 1. The fourth-order valence-electron chi connectivity index (χ4n) is 2.89. The third-order valence-electron chi connectivity index (χ3n) is 4.28. The molecule has 0 bridgehead atoms. The molecule has 0 radical (unpaired) electrons. The summed E-state index contributed by atoms with van der Waals surface area (Å²) in [6.45, 7) is 4.70. The second-order valence-corrected chi connectivity index (χ2v) is 6.35. The molecular weight excluding hydrogens is 350 g/mol. The van der Waals surface area contributed by atoms with Gasteiger partial charge in [-0.05, 0) is 18.6 Å². The van der Waals surface area contributed by atoms with Crippen molar-refractivity contribution in [2.45, 2.75) is 26.6 Å². The van der Waals surface area contributed by atoms with Crippen molar-refractivity contribution in [2.24, 2.45) is 4.99 Å². The monoisotopic (exact) mass is 377 g/mol. The standard InChI is InChI=1S/C22H27N5O/c1-3-28-21-12-8-7-11-20(21)15-25-22(23-2)24-13-19-14-26-27(17-19)16-18-9-5-4-6-10-18/h4-12,14,17H,3,13,15-16H2,1-2H3,(H2,23,24,25). The minimum absolute atomic E-state index is 0.642. The van der Waals surface area contributed by atoms with E-state index in [9.17, 15) is 0 Å². The van der Waals surface area contributed by atoms with Crippen molar-refractivity contribution < 1.29 is 4.74 Å². The highest BCUT2D eigenvalue weighted by Crippen LogP contribution is 2.17. The van der Waals surface area contributed by atoms with Crippen molar-refractivity contribution in [3.05, 3.63) is 83.7 Å². The predicted molar refractivity (Wildman–Crippen MR) is 112 cm³/mol. The van der Waals surface area contributed by atoms with Crippen LogP contribution in [0.4, 0.5) is 0 Å². The van der Waals surface area contributed by atoms with Gasteiger partial charge in [0.15, 0.2) is 5.96 Å². The lowest BCUT2D eigenvalue weighted by Gasteiger charge is -2.14. The van der Waals surface area contributed by atoms with Crippen LogP contribution in [0.1, 0.15) is 23.6 Å². The van der Waals surface area contributed by atoms with Crippen molar-refractivity contribution in [3.63, 3.8) is 0 Å². The normalized spacial score (nSPS) is 11.3. The molecule has 0 fully saturated rings. The van der Waals surface area contributed by atoms with E-state index >= 15 is 0 Å². The van der Waals surface area contributed by atoms with Gasteiger partial charge in [0.05, 0.1) is 19.3 Å². The fraction of sp³-hybridized carbons (Fsp3) is 0.273. The summed E-state index contributed by atoms with van der Waals surface area (Å²) in [5.41, 5.74) is 3.44. The lowest BCUT2D eigenvalue weighted by molar-refractivity contribution is 0.336. The van der Waals surface area contributed by atoms with Crippen LogP contribution in [0.25, 0.3) is 0 Å². The van der Waals surface area contributed by atoms with Gasteiger partial charge in [-0.3, -0.25) is 9.67 Å². The Morgan fingerprint density at radius 1 is 1.00 bits per heavy atom. The molecule has 0 atom stereocenters. The van der Waals surface area contributed by atoms with Crippen molar-refractivity contribution in [3.8, 4) is 5.75 Å². The first kappa shape index (κ1) is 19.5. The summed E-state index contributed by atoms with van der Waals surface area (Å²) in [5, 5.41) is 11.1. The minimum Gasteiger partial charge on any atom is -0.494 e. The number of aromatic nitrogens is 2. The van der Waals surface area contributed by atoms with Crippen molar-refractivity contribution >= 4 is 5.96 Å². The second-order valence-electron chi connectivity index (χ2n) is 6.35. The smallest absolute Gasteiger partial charge is 0.191 e. The first-order valence-corrected chi connectivity index (χ1v) is 9.49. The molecular formula is C22H27N5O. The molecule has 3 aromatic rings. The van der Waals surface area contributed by atoms with Gasteiger partial charge in [0.1, 0.15) is 5.75 Å². The Kier molecular flexibility index (Phi) is 7.07. The molecule has 0 unspecified atom stereocenters. The average Bonchev–Trinajstić information content (AvgIpc) is 3.17. The Morgan fingerprint density at radius 2 is 1.75 bits per heavy atom. The third-order valence-corrected chi connectivity index (χ3v) is 4.28. The van der Waals surface area contributed by atoms with Crippen LogP contribution >= 0.6 is 0 Å². The summed E-state index contributed by atoms with van der Waals surface area (Å²) in [6, 6.07) is 18.3. The van der Waals surface area contributed by atoms with E-state index in [-0.39, 0.29) is 0 Å². The van der Waals surface area contributed by atoms with Gasteiger partial charge in [-0.15, -0.1) is 0 Å². The van der Waals surface area contributed by atoms with Crippen molar-refractivity contribution in [1.29, 1.82) is 0 Å². The molecule has 2 N–H and O–H groups in total. The minimum atomic E-state index is 0.642. The molecule has 6 heteroatoms. The maximum absolute atomic E-state index is 5.67. The maximum Gasteiger partial charge on any atom is 0.191 e. The molecule has 0 saturated heterocycles. The zero-order valence-corrected chi connectivity index (χ0v) is 16.4. The van der Waals surface area contributed by atoms with E-state index in [4.69, 9.17) is 4.74 Å². The number of nitrogens with one attached hydrogen (secondary N) is 2. The van der Waals surface area contributed by atoms with Crippen LogP contribution < -0.4 is 15.4 Å². The molecule has 28 heavy (non-hydrogen) atoms. The molecule has 3 rings (SSSR count). The molecule has 0 spiro atoms. The van der Waals surface area contributed by atoms with E-state index in [0.29, 0.717) is 19.7 Å². The molecule has 0 aliphatic rings. The van der Waals surface area contributed by atoms with Crippen LogP contribution in [0.3, 0.4) is 0 Å². The number of para-hydroxylation sites is 1. The zero-order chi connectivity index (χ0) is 19.6. The number of ether oxygens (including phenoxy) is 1. The number of benzene rings is 2. The summed E-state index contributed by atoms with van der Waals surface area (Å²) in [7, 11) is 1.77. The molecule has 0 saturated carbocycles. The van der Waals surface area contributed by atoms with Gasteiger partial charge in [0, 0.05) is 37.5 Å². The van der Waals surface area contributed by atoms with E-state index in [0.717, 1.165) is 29.4 Å². The summed E-state index contributed by atoms with van der Waals surface area (Å²) < 4.78 is 7.62. The van der Waals surface area contributed by atoms with Gasteiger partial charge in [-0.1, -0.05) is 48.5 Å². The number of guanidine groups is 1. The van der Waals surface area contributed by atoms with Crippen molar-refractivity contribution in [1.82, 2.24) is 20.4 Å². The second kappa shape index (κ2) is 10.2. The molecule has 2 aromatic carbocycles. The highest BCUT2D eigenvalue weighted by molar-refractivity contribution is 5.79. The predicted octanol–water partition coefficient (Wildman–Crippen LogP) is 3.20. The number of hydrogen-bond donors (Lipinski definition) is 2. The Hall–Kier alpha value is -3.28. The van der Waals surface area contributed by atoms with E-state index in [2.05, 4.69) is 45.1 Å². The van der Waals surface area contributed by atoms with Crippen LogP contribution in [0.15, 0.2) is 72.0 Å². The number of hydrogen-bond acceptors (Lipinski definition) is 3. The molecule has 146 valence electrons. The maximum atomic E-state index is 5.67. The highest BCUT2D eigenvalue weighted by Gasteiger charge is 2.05. The molecule has 0 amide bonds. The largest absolute Gasteiger partial charge is 0.494 e. The van der Waals surface area contributed by atoms with Gasteiger partial charge in [0.2, 0.25) is 0 Å². The average molecular weight is 377 g/mol. The van der Waals surface area contributed by atoms with E-state index in [1.165, 1.54) is 5.56 Å². The number of rotatable bonds is 8. The molecule has 0 aliphatic heterocycles. The summed E-state index contributed by atoms with van der Waals surface area (Å²) in [6.07, 6.45) is 3.94. The van der Waals surface area contributed by atoms with Crippen LogP contribution in [0.2, 0.25) is 0 Å². The molecule has 1 aromatic heterocycles. The van der Waals surface area contributed by atoms with E-state index in [1.807, 2.05) is 54.2 Å². The van der Waals surface area contributed by atoms with E-state index in [1.54, 1.807) is 7.05 Å². The summed E-state index contributed by atoms with van der Waals surface area (Å²) in [5.74, 6) is 1.64. The fourth-order valence-corrected chi connectivity index (χ4v) is 2.89.